The molecule has 0 radical (unpaired) electrons. The number of carbonyl (C=O) groups excluding carboxylic acids is 1. The van der Waals surface area contributed by atoms with Crippen LogP contribution < -0.4 is 15.0 Å². The van der Waals surface area contributed by atoms with Crippen LogP contribution in [0.3, 0.4) is 0 Å². The largest absolute Gasteiger partial charge is 0.436 e. The second kappa shape index (κ2) is 9.55. The molecule has 1 atom stereocenters. The Morgan fingerprint density at radius 2 is 1.94 bits per heavy atom. The van der Waals surface area contributed by atoms with E-state index in [1.165, 1.54) is 6.07 Å². The average molecular weight is 420 g/mol. The van der Waals surface area contributed by atoms with E-state index in [9.17, 15) is 9.18 Å². The number of aryl methyl sites for hydroxylation is 1. The lowest BCUT2D eigenvalue weighted by molar-refractivity contribution is -0.125. The number of nitrogens with one attached hydrogen (secondary N) is 1. The highest BCUT2D eigenvalue weighted by molar-refractivity contribution is 5.79. The molecule has 2 heterocycles. The van der Waals surface area contributed by atoms with Gasteiger partial charge in [0.2, 0.25) is 5.91 Å². The summed E-state index contributed by atoms with van der Waals surface area (Å²) in [5.74, 6) is 1.11. The first-order valence-electron chi connectivity index (χ1n) is 10.4. The third kappa shape index (κ3) is 5.17. The van der Waals surface area contributed by atoms with Crippen LogP contribution in [0, 0.1) is 18.7 Å². The quantitative estimate of drug-likeness (QED) is 0.646. The molecule has 2 aromatic carbocycles. The molecule has 0 aliphatic carbocycles. The molecule has 7 heteroatoms. The van der Waals surface area contributed by atoms with Crippen LogP contribution >= 0.6 is 0 Å². The van der Waals surface area contributed by atoms with Crippen LogP contribution in [0.1, 0.15) is 24.0 Å². The third-order valence-electron chi connectivity index (χ3n) is 5.38. The summed E-state index contributed by atoms with van der Waals surface area (Å²) < 4.78 is 19.8. The monoisotopic (exact) mass is 420 g/mol. The topological polar surface area (TPSA) is 67.4 Å². The number of halogens is 1. The first kappa shape index (κ1) is 20.8. The maximum absolute atomic E-state index is 13.8. The lowest BCUT2D eigenvalue weighted by Gasteiger charge is -2.33. The normalized spacial score (nSPS) is 16.1. The molecule has 1 aliphatic rings. The summed E-state index contributed by atoms with van der Waals surface area (Å²) in [5, 5.41) is 2.87. The number of nitrogens with zero attached hydrogens (tertiary/aromatic N) is 3. The second-order valence-electron chi connectivity index (χ2n) is 7.69. The van der Waals surface area contributed by atoms with Gasteiger partial charge in [0, 0.05) is 37.6 Å². The fourth-order valence-corrected chi connectivity index (χ4v) is 3.68. The van der Waals surface area contributed by atoms with Crippen molar-refractivity contribution in [2.45, 2.75) is 26.3 Å². The van der Waals surface area contributed by atoms with E-state index in [4.69, 9.17) is 4.74 Å². The summed E-state index contributed by atoms with van der Waals surface area (Å²) >= 11 is 0. The first-order valence-corrected chi connectivity index (χ1v) is 10.4. The van der Waals surface area contributed by atoms with Gasteiger partial charge in [0.1, 0.15) is 11.6 Å². The Kier molecular flexibility index (Phi) is 6.40. The Bertz CT molecular complexity index is 1040. The highest BCUT2D eigenvalue weighted by atomic mass is 19.1. The van der Waals surface area contributed by atoms with Crippen molar-refractivity contribution in [3.8, 4) is 11.6 Å². The van der Waals surface area contributed by atoms with E-state index in [0.717, 1.165) is 24.9 Å². The number of hydrogen-bond donors (Lipinski definition) is 1. The Hall–Kier alpha value is -3.48. The first-order chi connectivity index (χ1) is 15.1. The number of aromatic nitrogens is 2. The fourth-order valence-electron chi connectivity index (χ4n) is 3.68. The molecule has 160 valence electrons. The maximum atomic E-state index is 13.8. The number of carbonyl (C=O) groups is 1. The minimum absolute atomic E-state index is 0.0853. The molecule has 6 nitrogen and oxygen atoms in total. The molecule has 4 rings (SSSR count). The molecule has 1 saturated heterocycles. The summed E-state index contributed by atoms with van der Waals surface area (Å²) in [7, 11) is 0. The van der Waals surface area contributed by atoms with Crippen molar-refractivity contribution in [2.24, 2.45) is 5.92 Å². The number of benzene rings is 2. The van der Waals surface area contributed by atoms with Gasteiger partial charge in [0.15, 0.2) is 5.82 Å². The van der Waals surface area contributed by atoms with Gasteiger partial charge in [-0.15, -0.1) is 0 Å². The number of amides is 1. The standard InChI is InChI=1S/C24H25FN4O2/c1-17-8-10-20(11-9-17)31-24-22(26-12-13-27-24)29-14-4-6-19(16-29)23(30)28-15-18-5-2-3-7-21(18)25/h2-3,5,7-13,19H,4,6,14-16H2,1H3,(H,28,30)/t19-/m0/s1. The van der Waals surface area contributed by atoms with Gasteiger partial charge >= 0.3 is 0 Å². The Balaban J connectivity index is 1.43. The summed E-state index contributed by atoms with van der Waals surface area (Å²) in [6.45, 7) is 3.46. The van der Waals surface area contributed by atoms with Crippen LogP contribution in [-0.4, -0.2) is 29.0 Å². The van der Waals surface area contributed by atoms with Gasteiger partial charge in [-0.25, -0.2) is 14.4 Å². The number of hydrogen-bond acceptors (Lipinski definition) is 5. The number of ether oxygens (including phenoxy) is 1. The molecule has 0 spiro atoms. The number of piperidine rings is 1. The predicted molar refractivity (Wildman–Crippen MR) is 116 cm³/mol. The van der Waals surface area contributed by atoms with Gasteiger partial charge < -0.3 is 15.0 Å². The van der Waals surface area contributed by atoms with Crippen molar-refractivity contribution in [3.05, 3.63) is 77.9 Å². The summed E-state index contributed by atoms with van der Waals surface area (Å²) in [6, 6.07) is 14.2. The maximum Gasteiger partial charge on any atom is 0.263 e. The fraction of sp³-hybridized carbons (Fsp3) is 0.292. The molecular weight excluding hydrogens is 395 g/mol. The van der Waals surface area contributed by atoms with Crippen LogP contribution in [-0.2, 0) is 11.3 Å². The van der Waals surface area contributed by atoms with Crippen LogP contribution in [0.5, 0.6) is 11.6 Å². The van der Waals surface area contributed by atoms with Gasteiger partial charge in [0.05, 0.1) is 5.92 Å². The van der Waals surface area contributed by atoms with Crippen LogP contribution in [0.2, 0.25) is 0 Å². The van der Waals surface area contributed by atoms with Gasteiger partial charge in [-0.1, -0.05) is 35.9 Å². The summed E-state index contributed by atoms with van der Waals surface area (Å²) in [5.41, 5.74) is 1.62. The molecule has 0 bridgehead atoms. The molecule has 1 N–H and O–H groups in total. The zero-order valence-corrected chi connectivity index (χ0v) is 17.4. The van der Waals surface area contributed by atoms with Gasteiger partial charge in [-0.05, 0) is 38.0 Å². The van der Waals surface area contributed by atoms with E-state index in [1.807, 2.05) is 36.1 Å². The van der Waals surface area contributed by atoms with Gasteiger partial charge in [-0.2, -0.15) is 0 Å². The van der Waals surface area contributed by atoms with E-state index in [-0.39, 0.29) is 24.2 Å². The molecule has 31 heavy (non-hydrogen) atoms. The molecule has 0 saturated carbocycles. The Morgan fingerprint density at radius 1 is 1.16 bits per heavy atom. The van der Waals surface area contributed by atoms with Crippen LogP contribution in [0.25, 0.3) is 0 Å². The molecule has 1 fully saturated rings. The molecule has 1 aromatic heterocycles. The van der Waals surface area contributed by atoms with E-state index in [0.29, 0.717) is 29.6 Å². The van der Waals surface area contributed by atoms with Crippen molar-refractivity contribution < 1.29 is 13.9 Å². The van der Waals surface area contributed by atoms with Crippen molar-refractivity contribution >= 4 is 11.7 Å². The van der Waals surface area contributed by atoms with E-state index < -0.39 is 0 Å². The molecule has 0 unspecified atom stereocenters. The second-order valence-corrected chi connectivity index (χ2v) is 7.69. The zero-order chi connectivity index (χ0) is 21.6. The van der Waals surface area contributed by atoms with E-state index >= 15 is 0 Å². The predicted octanol–water partition coefficient (Wildman–Crippen LogP) is 4.25. The SMILES string of the molecule is Cc1ccc(Oc2nccnc2N2CCC[C@H](C(=O)NCc3ccccc3F)C2)cc1. The summed E-state index contributed by atoms with van der Waals surface area (Å²) in [4.78, 5) is 23.6. The van der Waals surface area contributed by atoms with Crippen LogP contribution in [0.15, 0.2) is 60.9 Å². The van der Waals surface area contributed by atoms with Gasteiger partial charge in [-0.3, -0.25) is 4.79 Å². The van der Waals surface area contributed by atoms with Crippen molar-refractivity contribution in [3.63, 3.8) is 0 Å². The zero-order valence-electron chi connectivity index (χ0n) is 17.4. The number of rotatable bonds is 6. The van der Waals surface area contributed by atoms with Crippen LogP contribution in [0.4, 0.5) is 10.2 Å². The van der Waals surface area contributed by atoms with Gasteiger partial charge in [0.25, 0.3) is 5.88 Å². The number of anilines is 1. The minimum Gasteiger partial charge on any atom is -0.436 e. The van der Waals surface area contributed by atoms with Crippen molar-refractivity contribution in [2.75, 3.05) is 18.0 Å². The van der Waals surface area contributed by atoms with E-state index in [1.54, 1.807) is 30.6 Å². The van der Waals surface area contributed by atoms with Crippen molar-refractivity contribution in [1.29, 1.82) is 0 Å². The Morgan fingerprint density at radius 3 is 2.74 bits per heavy atom. The molecular formula is C24H25FN4O2. The van der Waals surface area contributed by atoms with Crippen molar-refractivity contribution in [1.82, 2.24) is 15.3 Å². The third-order valence-corrected chi connectivity index (χ3v) is 5.38. The summed E-state index contributed by atoms with van der Waals surface area (Å²) in [6.07, 6.45) is 4.83. The molecule has 3 aromatic rings. The smallest absolute Gasteiger partial charge is 0.263 e. The van der Waals surface area contributed by atoms with E-state index in [2.05, 4.69) is 15.3 Å². The highest BCUT2D eigenvalue weighted by Crippen LogP contribution is 2.31. The molecule has 1 amide bonds. The lowest BCUT2D eigenvalue weighted by Crippen LogP contribution is -2.43. The highest BCUT2D eigenvalue weighted by Gasteiger charge is 2.28. The lowest BCUT2D eigenvalue weighted by atomic mass is 9.97. The Labute approximate surface area is 181 Å². The average Bonchev–Trinajstić information content (AvgIpc) is 2.80. The minimum atomic E-state index is -0.314. The molecule has 1 aliphatic heterocycles.